The summed E-state index contributed by atoms with van der Waals surface area (Å²) in [6.45, 7) is 6.91. The number of phenols is 1. The number of hydrogen-bond donors (Lipinski definition) is 2. The van der Waals surface area contributed by atoms with Gasteiger partial charge in [0.1, 0.15) is 11.6 Å². The number of aromatic hydroxyl groups is 1. The predicted octanol–water partition coefficient (Wildman–Crippen LogP) is 3.38. The number of phenolic OH excluding ortho intramolecular Hbond substituents is 1. The third kappa shape index (κ3) is 4.63. The van der Waals surface area contributed by atoms with Gasteiger partial charge in [0.05, 0.1) is 12.3 Å². The summed E-state index contributed by atoms with van der Waals surface area (Å²) in [5, 5.41) is 12.4. The molecule has 0 bridgehead atoms. The zero-order chi connectivity index (χ0) is 17.0. The van der Waals surface area contributed by atoms with Gasteiger partial charge in [-0.15, -0.1) is 0 Å². The van der Waals surface area contributed by atoms with Gasteiger partial charge < -0.3 is 15.2 Å². The molecule has 0 amide bonds. The van der Waals surface area contributed by atoms with Crippen LogP contribution in [0.4, 0.5) is 10.2 Å². The highest BCUT2D eigenvalue weighted by Crippen LogP contribution is 2.22. The lowest BCUT2D eigenvalue weighted by Gasteiger charge is -2.19. The van der Waals surface area contributed by atoms with Crippen molar-refractivity contribution in [1.82, 2.24) is 9.97 Å². The Hall–Kier alpha value is -2.21. The minimum atomic E-state index is -0.637. The van der Waals surface area contributed by atoms with Crippen molar-refractivity contribution in [1.29, 1.82) is 0 Å². The molecule has 1 aromatic heterocycles. The van der Waals surface area contributed by atoms with Crippen molar-refractivity contribution in [2.75, 3.05) is 12.4 Å². The first-order valence-electron chi connectivity index (χ1n) is 7.38. The van der Waals surface area contributed by atoms with Crippen LogP contribution in [-0.4, -0.2) is 22.2 Å². The quantitative estimate of drug-likeness (QED) is 0.884. The highest BCUT2D eigenvalue weighted by molar-refractivity contribution is 5.39. The summed E-state index contributed by atoms with van der Waals surface area (Å²) >= 11 is 0. The fourth-order valence-electron chi connectivity index (χ4n) is 2.00. The van der Waals surface area contributed by atoms with Gasteiger partial charge >= 0.3 is 0 Å². The van der Waals surface area contributed by atoms with Crippen LogP contribution in [0.3, 0.4) is 0 Å². The molecular formula is C17H22FN3O2. The zero-order valence-electron chi connectivity index (χ0n) is 13.9. The molecule has 0 saturated heterocycles. The molecule has 0 fully saturated rings. The number of halogens is 1. The maximum atomic E-state index is 13.4. The molecule has 1 heterocycles. The topological polar surface area (TPSA) is 67.3 Å². The van der Waals surface area contributed by atoms with Crippen LogP contribution in [0.5, 0.6) is 5.75 Å². The average molecular weight is 319 g/mol. The Morgan fingerprint density at radius 3 is 2.57 bits per heavy atom. The SMILES string of the molecule is COCc1cc(NCc2ccc(O)c(F)c2)nc(C(C)(C)C)n1. The molecule has 0 unspecified atom stereocenters. The van der Waals surface area contributed by atoms with Gasteiger partial charge in [0.25, 0.3) is 0 Å². The molecule has 0 radical (unpaired) electrons. The van der Waals surface area contributed by atoms with Gasteiger partial charge in [0, 0.05) is 25.1 Å². The first-order chi connectivity index (χ1) is 10.8. The number of nitrogens with zero attached hydrogens (tertiary/aromatic N) is 2. The number of ether oxygens (including phenoxy) is 1. The van der Waals surface area contributed by atoms with E-state index in [1.807, 2.05) is 26.8 Å². The van der Waals surface area contributed by atoms with Gasteiger partial charge in [-0.2, -0.15) is 0 Å². The van der Waals surface area contributed by atoms with E-state index in [0.29, 0.717) is 30.4 Å². The smallest absolute Gasteiger partial charge is 0.165 e. The van der Waals surface area contributed by atoms with Gasteiger partial charge in [-0.05, 0) is 17.7 Å². The van der Waals surface area contributed by atoms with E-state index in [4.69, 9.17) is 4.74 Å². The van der Waals surface area contributed by atoms with E-state index in [1.54, 1.807) is 13.2 Å². The number of aromatic nitrogens is 2. The van der Waals surface area contributed by atoms with Crippen LogP contribution in [0.2, 0.25) is 0 Å². The number of hydrogen-bond acceptors (Lipinski definition) is 5. The van der Waals surface area contributed by atoms with E-state index in [9.17, 15) is 9.50 Å². The van der Waals surface area contributed by atoms with Crippen LogP contribution in [0.25, 0.3) is 0 Å². The second kappa shape index (κ2) is 6.91. The fourth-order valence-corrected chi connectivity index (χ4v) is 2.00. The van der Waals surface area contributed by atoms with Crippen LogP contribution >= 0.6 is 0 Å². The van der Waals surface area contributed by atoms with Crippen molar-refractivity contribution >= 4 is 5.82 Å². The van der Waals surface area contributed by atoms with Crippen LogP contribution < -0.4 is 5.32 Å². The Bertz CT molecular complexity index is 684. The van der Waals surface area contributed by atoms with E-state index in [0.717, 1.165) is 5.69 Å². The standard InChI is InChI=1S/C17H22FN3O2/c1-17(2,3)16-20-12(10-23-4)8-15(21-16)19-9-11-5-6-14(22)13(18)7-11/h5-8,22H,9-10H2,1-4H3,(H,19,20,21). The lowest BCUT2D eigenvalue weighted by molar-refractivity contribution is 0.181. The molecule has 0 aliphatic heterocycles. The number of rotatable bonds is 5. The van der Waals surface area contributed by atoms with E-state index in [1.165, 1.54) is 12.1 Å². The molecule has 124 valence electrons. The Labute approximate surface area is 135 Å². The number of benzene rings is 1. The molecule has 1 aromatic carbocycles. The molecule has 5 nitrogen and oxygen atoms in total. The summed E-state index contributed by atoms with van der Waals surface area (Å²) < 4.78 is 18.5. The molecule has 6 heteroatoms. The highest BCUT2D eigenvalue weighted by Gasteiger charge is 2.19. The van der Waals surface area contributed by atoms with Gasteiger partial charge in [-0.3, -0.25) is 0 Å². The number of anilines is 1. The van der Waals surface area contributed by atoms with Crippen LogP contribution in [0.15, 0.2) is 24.3 Å². The molecule has 0 atom stereocenters. The molecule has 2 rings (SSSR count). The molecule has 23 heavy (non-hydrogen) atoms. The minimum absolute atomic E-state index is 0.190. The lowest BCUT2D eigenvalue weighted by Crippen LogP contribution is -2.18. The van der Waals surface area contributed by atoms with E-state index in [-0.39, 0.29) is 11.2 Å². The molecule has 2 aromatic rings. The van der Waals surface area contributed by atoms with Crippen LogP contribution in [-0.2, 0) is 23.3 Å². The first-order valence-corrected chi connectivity index (χ1v) is 7.38. The zero-order valence-corrected chi connectivity index (χ0v) is 13.9. The molecule has 0 spiro atoms. The van der Waals surface area contributed by atoms with Gasteiger partial charge in [-0.1, -0.05) is 26.8 Å². The fraction of sp³-hybridized carbons (Fsp3) is 0.412. The lowest BCUT2D eigenvalue weighted by atomic mass is 9.95. The van der Waals surface area contributed by atoms with E-state index >= 15 is 0 Å². The summed E-state index contributed by atoms with van der Waals surface area (Å²) in [4.78, 5) is 9.03. The maximum absolute atomic E-state index is 13.4. The Morgan fingerprint density at radius 2 is 1.96 bits per heavy atom. The maximum Gasteiger partial charge on any atom is 0.165 e. The second-order valence-corrected chi connectivity index (χ2v) is 6.39. The molecule has 0 saturated carbocycles. The van der Waals surface area contributed by atoms with E-state index < -0.39 is 5.82 Å². The molecule has 0 aliphatic carbocycles. The van der Waals surface area contributed by atoms with Crippen molar-refractivity contribution in [3.8, 4) is 5.75 Å². The van der Waals surface area contributed by atoms with E-state index in [2.05, 4.69) is 15.3 Å². The van der Waals surface area contributed by atoms with Crippen molar-refractivity contribution in [3.63, 3.8) is 0 Å². The largest absolute Gasteiger partial charge is 0.505 e. The Morgan fingerprint density at radius 1 is 1.22 bits per heavy atom. The second-order valence-electron chi connectivity index (χ2n) is 6.39. The van der Waals surface area contributed by atoms with Crippen molar-refractivity contribution in [2.24, 2.45) is 0 Å². The summed E-state index contributed by atoms with van der Waals surface area (Å²) in [5.74, 6) is 0.382. The highest BCUT2D eigenvalue weighted by atomic mass is 19.1. The van der Waals surface area contributed by atoms with Gasteiger partial charge in [0.15, 0.2) is 11.6 Å². The van der Waals surface area contributed by atoms with Gasteiger partial charge in [-0.25, -0.2) is 14.4 Å². The Kier molecular flexibility index (Phi) is 5.15. The molecular weight excluding hydrogens is 297 g/mol. The van der Waals surface area contributed by atoms with Crippen LogP contribution in [0, 0.1) is 5.82 Å². The summed E-state index contributed by atoms with van der Waals surface area (Å²) in [6, 6.07) is 6.11. The average Bonchev–Trinajstić information content (AvgIpc) is 2.48. The predicted molar refractivity (Wildman–Crippen MR) is 86.8 cm³/mol. The summed E-state index contributed by atoms with van der Waals surface area (Å²) in [5.41, 5.74) is 1.31. The van der Waals surface area contributed by atoms with Crippen LogP contribution in [0.1, 0.15) is 37.9 Å². The number of nitrogens with one attached hydrogen (secondary N) is 1. The number of methoxy groups -OCH3 is 1. The van der Waals surface area contributed by atoms with Crippen molar-refractivity contribution in [2.45, 2.75) is 39.3 Å². The molecule has 0 aliphatic rings. The molecule has 2 N–H and O–H groups in total. The van der Waals surface area contributed by atoms with Crippen molar-refractivity contribution in [3.05, 3.63) is 47.2 Å². The Balaban J connectivity index is 2.20. The van der Waals surface area contributed by atoms with Gasteiger partial charge in [0.2, 0.25) is 0 Å². The minimum Gasteiger partial charge on any atom is -0.505 e. The first kappa shape index (κ1) is 17.1. The van der Waals surface area contributed by atoms with Crippen molar-refractivity contribution < 1.29 is 14.2 Å². The monoisotopic (exact) mass is 319 g/mol. The normalized spacial score (nSPS) is 11.5. The summed E-state index contributed by atoms with van der Waals surface area (Å²) in [7, 11) is 1.62. The third-order valence-corrected chi connectivity index (χ3v) is 3.23. The summed E-state index contributed by atoms with van der Waals surface area (Å²) in [6.07, 6.45) is 0. The third-order valence-electron chi connectivity index (χ3n) is 3.23.